The molecule has 0 aromatic heterocycles. The van der Waals surface area contributed by atoms with Crippen LogP contribution in [0.5, 0.6) is 0 Å². The Bertz CT molecular complexity index is 313. The molecule has 0 amide bonds. The van der Waals surface area contributed by atoms with Gasteiger partial charge in [0.05, 0.1) is 12.7 Å². The van der Waals surface area contributed by atoms with Crippen LogP contribution in [0.2, 0.25) is 0 Å². The maximum absolute atomic E-state index is 10.8. The number of hydrogen-bond acceptors (Lipinski definition) is 4. The van der Waals surface area contributed by atoms with Crippen LogP contribution in [0.15, 0.2) is 42.7 Å². The molecule has 0 atom stereocenters. The van der Waals surface area contributed by atoms with Crippen molar-refractivity contribution in [2.45, 2.75) is 0 Å². The Labute approximate surface area is 88.0 Å². The van der Waals surface area contributed by atoms with E-state index >= 15 is 0 Å². The first-order valence-corrected chi connectivity index (χ1v) is 4.41. The lowest BCUT2D eigenvalue weighted by Gasteiger charge is -1.95. The Morgan fingerprint density at radius 3 is 2.47 bits per heavy atom. The number of ether oxygens (including phenoxy) is 1. The van der Waals surface area contributed by atoms with E-state index in [9.17, 15) is 4.79 Å². The maximum atomic E-state index is 10.8. The summed E-state index contributed by atoms with van der Waals surface area (Å²) in [5, 5.41) is 0. The topological polar surface area (TPSA) is 44.8 Å². The molecule has 80 valence electrons. The van der Waals surface area contributed by atoms with Crippen molar-refractivity contribution in [2.75, 3.05) is 13.7 Å². The summed E-state index contributed by atoms with van der Waals surface area (Å²) in [6, 6.07) is 8.88. The van der Waals surface area contributed by atoms with Crippen LogP contribution in [0.3, 0.4) is 0 Å². The second-order valence-electron chi connectivity index (χ2n) is 2.61. The van der Waals surface area contributed by atoms with Crippen molar-refractivity contribution in [1.29, 1.82) is 0 Å². The standard InChI is InChI=1S/C8H8O2.C3H4O2/c1-10-8(9)7-5-3-2-4-6-7;1-2-4-5-3-1/h2-6H,1H3;1-2H,3H2. The molecule has 1 aliphatic rings. The van der Waals surface area contributed by atoms with Crippen molar-refractivity contribution in [3.63, 3.8) is 0 Å². The molecule has 0 unspecified atom stereocenters. The lowest BCUT2D eigenvalue weighted by Crippen LogP contribution is -1.99. The van der Waals surface area contributed by atoms with Gasteiger partial charge in [0.15, 0.2) is 0 Å². The zero-order valence-electron chi connectivity index (χ0n) is 8.38. The molecule has 1 aliphatic heterocycles. The van der Waals surface area contributed by atoms with Gasteiger partial charge in [-0.2, -0.15) is 4.89 Å². The van der Waals surface area contributed by atoms with Gasteiger partial charge in [0.2, 0.25) is 0 Å². The average molecular weight is 208 g/mol. The fourth-order valence-electron chi connectivity index (χ4n) is 0.889. The van der Waals surface area contributed by atoms with E-state index in [0.29, 0.717) is 12.2 Å². The summed E-state index contributed by atoms with van der Waals surface area (Å²) < 4.78 is 4.50. The predicted molar refractivity (Wildman–Crippen MR) is 54.0 cm³/mol. The summed E-state index contributed by atoms with van der Waals surface area (Å²) in [5.74, 6) is -0.291. The molecule has 4 nitrogen and oxygen atoms in total. The van der Waals surface area contributed by atoms with Crippen LogP contribution in [0.25, 0.3) is 0 Å². The molecule has 0 saturated heterocycles. The summed E-state index contributed by atoms with van der Waals surface area (Å²) in [4.78, 5) is 19.4. The molecule has 1 aromatic carbocycles. The van der Waals surface area contributed by atoms with Crippen LogP contribution in [0.4, 0.5) is 0 Å². The van der Waals surface area contributed by atoms with Crippen molar-refractivity contribution in [3.05, 3.63) is 48.2 Å². The minimum Gasteiger partial charge on any atom is -0.465 e. The van der Waals surface area contributed by atoms with Crippen molar-refractivity contribution in [3.8, 4) is 0 Å². The largest absolute Gasteiger partial charge is 0.465 e. The van der Waals surface area contributed by atoms with Crippen LogP contribution in [-0.2, 0) is 14.5 Å². The molecule has 0 fully saturated rings. The van der Waals surface area contributed by atoms with Crippen molar-refractivity contribution < 1.29 is 19.3 Å². The van der Waals surface area contributed by atoms with Crippen LogP contribution >= 0.6 is 0 Å². The summed E-state index contributed by atoms with van der Waals surface area (Å²) in [6.45, 7) is 0.597. The monoisotopic (exact) mass is 208 g/mol. The highest BCUT2D eigenvalue weighted by molar-refractivity contribution is 5.89. The van der Waals surface area contributed by atoms with Gasteiger partial charge >= 0.3 is 5.97 Å². The molecule has 0 spiro atoms. The molecule has 0 radical (unpaired) electrons. The van der Waals surface area contributed by atoms with Crippen LogP contribution in [0.1, 0.15) is 10.4 Å². The number of rotatable bonds is 1. The van der Waals surface area contributed by atoms with E-state index in [1.807, 2.05) is 6.07 Å². The first kappa shape index (κ1) is 11.3. The molecule has 1 aromatic rings. The SMILES string of the molecule is C1=COOC1.COC(=O)c1ccccc1. The van der Waals surface area contributed by atoms with E-state index in [1.165, 1.54) is 13.4 Å². The normalized spacial score (nSPS) is 12.3. The predicted octanol–water partition coefficient (Wildman–Crippen LogP) is 1.94. The molecule has 4 heteroatoms. The van der Waals surface area contributed by atoms with Gasteiger partial charge in [0.1, 0.15) is 12.9 Å². The van der Waals surface area contributed by atoms with Crippen molar-refractivity contribution >= 4 is 5.97 Å². The van der Waals surface area contributed by atoms with Crippen LogP contribution in [-0.4, -0.2) is 19.7 Å². The summed E-state index contributed by atoms with van der Waals surface area (Å²) in [6.07, 6.45) is 3.31. The minimum absolute atomic E-state index is 0.291. The van der Waals surface area contributed by atoms with E-state index in [-0.39, 0.29) is 5.97 Å². The third-order valence-corrected chi connectivity index (χ3v) is 1.58. The zero-order valence-corrected chi connectivity index (χ0v) is 8.38. The quantitative estimate of drug-likeness (QED) is 0.522. The fraction of sp³-hybridized carbons (Fsp3) is 0.182. The second-order valence-corrected chi connectivity index (χ2v) is 2.61. The lowest BCUT2D eigenvalue weighted by molar-refractivity contribution is -0.221. The van der Waals surface area contributed by atoms with Gasteiger partial charge in [-0.15, -0.1) is 0 Å². The minimum atomic E-state index is -0.291. The van der Waals surface area contributed by atoms with Crippen molar-refractivity contribution in [1.82, 2.24) is 0 Å². The average Bonchev–Trinajstić information content (AvgIpc) is 2.88. The molecular weight excluding hydrogens is 196 g/mol. The first-order valence-electron chi connectivity index (χ1n) is 4.41. The van der Waals surface area contributed by atoms with E-state index in [0.717, 1.165) is 0 Å². The van der Waals surface area contributed by atoms with Gasteiger partial charge < -0.3 is 9.62 Å². The molecule has 0 N–H and O–H groups in total. The molecule has 0 aliphatic carbocycles. The highest BCUT2D eigenvalue weighted by Gasteiger charge is 2.00. The van der Waals surface area contributed by atoms with Gasteiger partial charge in [-0.1, -0.05) is 18.2 Å². The Hall–Kier alpha value is -1.81. The highest BCUT2D eigenvalue weighted by Crippen LogP contribution is 1.98. The third-order valence-electron chi connectivity index (χ3n) is 1.58. The van der Waals surface area contributed by atoms with E-state index in [2.05, 4.69) is 14.5 Å². The molecule has 0 bridgehead atoms. The molecule has 2 rings (SSSR count). The number of esters is 1. The highest BCUT2D eigenvalue weighted by atomic mass is 17.2. The molecule has 15 heavy (non-hydrogen) atoms. The van der Waals surface area contributed by atoms with E-state index < -0.39 is 0 Å². The van der Waals surface area contributed by atoms with Crippen LogP contribution < -0.4 is 0 Å². The summed E-state index contributed by atoms with van der Waals surface area (Å²) in [5.41, 5.74) is 0.588. The van der Waals surface area contributed by atoms with Gasteiger partial charge in [-0.3, -0.25) is 0 Å². The summed E-state index contributed by atoms with van der Waals surface area (Å²) >= 11 is 0. The number of methoxy groups -OCH3 is 1. The van der Waals surface area contributed by atoms with Gasteiger partial charge in [-0.05, 0) is 18.2 Å². The van der Waals surface area contributed by atoms with E-state index in [1.54, 1.807) is 30.3 Å². The zero-order chi connectivity index (χ0) is 10.9. The smallest absolute Gasteiger partial charge is 0.337 e. The van der Waals surface area contributed by atoms with Crippen LogP contribution in [0, 0.1) is 0 Å². The van der Waals surface area contributed by atoms with Gasteiger partial charge in [0.25, 0.3) is 0 Å². The molecule has 1 heterocycles. The fourth-order valence-corrected chi connectivity index (χ4v) is 0.889. The van der Waals surface area contributed by atoms with Gasteiger partial charge in [0, 0.05) is 0 Å². The Kier molecular flexibility index (Phi) is 4.97. The first-order chi connectivity index (χ1) is 7.34. The van der Waals surface area contributed by atoms with Gasteiger partial charge in [-0.25, -0.2) is 4.79 Å². The number of benzene rings is 1. The lowest BCUT2D eigenvalue weighted by atomic mass is 10.2. The Balaban J connectivity index is 0.000000187. The molecule has 0 saturated carbocycles. The Morgan fingerprint density at radius 2 is 2.07 bits per heavy atom. The number of hydrogen-bond donors (Lipinski definition) is 0. The number of carbonyl (C=O) groups excluding carboxylic acids is 1. The Morgan fingerprint density at radius 1 is 1.33 bits per heavy atom. The maximum Gasteiger partial charge on any atom is 0.337 e. The second kappa shape index (κ2) is 6.62. The summed E-state index contributed by atoms with van der Waals surface area (Å²) in [7, 11) is 1.37. The van der Waals surface area contributed by atoms with Crippen molar-refractivity contribution in [2.24, 2.45) is 0 Å². The van der Waals surface area contributed by atoms with E-state index in [4.69, 9.17) is 0 Å². The molecular formula is C11H12O4. The number of carbonyl (C=O) groups is 1. The third kappa shape index (κ3) is 4.28.